The van der Waals surface area contributed by atoms with Crippen LogP contribution in [0.2, 0.25) is 0 Å². The molecule has 0 saturated carbocycles. The molecule has 1 unspecified atom stereocenters. The first-order valence-electron chi connectivity index (χ1n) is 5.63. The summed E-state index contributed by atoms with van der Waals surface area (Å²) in [6, 6.07) is 4.32. The predicted octanol–water partition coefficient (Wildman–Crippen LogP) is 2.74. The van der Waals surface area contributed by atoms with E-state index >= 15 is 0 Å². The first-order valence-corrected chi connectivity index (χ1v) is 8.14. The van der Waals surface area contributed by atoms with Gasteiger partial charge in [0, 0.05) is 0 Å². The van der Waals surface area contributed by atoms with Crippen LogP contribution in [0.5, 0.6) is 0 Å². The highest BCUT2D eigenvalue weighted by Gasteiger charge is 2.36. The summed E-state index contributed by atoms with van der Waals surface area (Å²) in [4.78, 5) is 12.1. The maximum Gasteiger partial charge on any atom is 0.183 e. The van der Waals surface area contributed by atoms with Crippen LogP contribution in [-0.2, 0) is 9.84 Å². The number of hydrogen-bond acceptors (Lipinski definition) is 3. The van der Waals surface area contributed by atoms with E-state index in [0.717, 1.165) is 0 Å². The highest BCUT2D eigenvalue weighted by Crippen LogP contribution is 2.26. The fourth-order valence-electron chi connectivity index (χ4n) is 2.12. The van der Waals surface area contributed by atoms with Gasteiger partial charge in [-0.3, -0.25) is 4.79 Å². The number of halogens is 2. The number of sulfone groups is 1. The SMILES string of the molecule is O=C(c1cccc(Br)c1F)C1CCCCS1(=O)=O. The molecular formula is C12H12BrFO3S. The molecule has 1 aromatic rings. The average Bonchev–Trinajstić information content (AvgIpc) is 2.31. The number of carbonyl (C=O) groups excluding carboxylic acids is 1. The van der Waals surface area contributed by atoms with Crippen LogP contribution in [-0.4, -0.2) is 25.2 Å². The molecule has 0 spiro atoms. The number of ketones is 1. The molecular weight excluding hydrogens is 323 g/mol. The van der Waals surface area contributed by atoms with E-state index in [1.807, 2.05) is 0 Å². The molecule has 0 aromatic heterocycles. The second-order valence-corrected chi connectivity index (χ2v) is 7.47. The first kappa shape index (κ1) is 13.7. The van der Waals surface area contributed by atoms with Crippen LogP contribution in [0.4, 0.5) is 4.39 Å². The van der Waals surface area contributed by atoms with Gasteiger partial charge in [0.2, 0.25) is 0 Å². The Morgan fingerprint density at radius 3 is 2.72 bits per heavy atom. The van der Waals surface area contributed by atoms with Crippen molar-refractivity contribution in [1.29, 1.82) is 0 Å². The van der Waals surface area contributed by atoms with Crippen LogP contribution in [0, 0.1) is 5.82 Å². The van der Waals surface area contributed by atoms with E-state index in [1.165, 1.54) is 18.2 Å². The molecule has 18 heavy (non-hydrogen) atoms. The summed E-state index contributed by atoms with van der Waals surface area (Å²) in [7, 11) is -3.43. The van der Waals surface area contributed by atoms with E-state index in [4.69, 9.17) is 0 Å². The van der Waals surface area contributed by atoms with Crippen LogP contribution >= 0.6 is 15.9 Å². The van der Waals surface area contributed by atoms with Crippen LogP contribution in [0.25, 0.3) is 0 Å². The Balaban J connectivity index is 2.39. The van der Waals surface area contributed by atoms with Gasteiger partial charge in [-0.1, -0.05) is 12.5 Å². The molecule has 1 atom stereocenters. The minimum atomic E-state index is -3.43. The van der Waals surface area contributed by atoms with E-state index in [0.29, 0.717) is 12.8 Å². The van der Waals surface area contributed by atoms with E-state index in [9.17, 15) is 17.6 Å². The predicted molar refractivity (Wildman–Crippen MR) is 69.9 cm³/mol. The van der Waals surface area contributed by atoms with Gasteiger partial charge in [0.15, 0.2) is 15.6 Å². The molecule has 6 heteroatoms. The first-order chi connectivity index (χ1) is 8.43. The van der Waals surface area contributed by atoms with Gasteiger partial charge in [-0.2, -0.15) is 0 Å². The molecule has 0 aliphatic carbocycles. The summed E-state index contributed by atoms with van der Waals surface area (Å²) in [5.74, 6) is -1.31. The van der Waals surface area contributed by atoms with Crippen molar-refractivity contribution in [3.8, 4) is 0 Å². The lowest BCUT2D eigenvalue weighted by Gasteiger charge is -2.21. The van der Waals surface area contributed by atoms with Gasteiger partial charge in [-0.15, -0.1) is 0 Å². The second-order valence-electron chi connectivity index (χ2n) is 4.32. The molecule has 3 nitrogen and oxygen atoms in total. The number of carbonyl (C=O) groups is 1. The molecule has 0 radical (unpaired) electrons. The average molecular weight is 335 g/mol. The van der Waals surface area contributed by atoms with E-state index < -0.39 is 26.7 Å². The molecule has 0 N–H and O–H groups in total. The van der Waals surface area contributed by atoms with Gasteiger partial charge >= 0.3 is 0 Å². The topological polar surface area (TPSA) is 51.2 Å². The van der Waals surface area contributed by atoms with Crippen molar-refractivity contribution >= 4 is 31.6 Å². The Kier molecular flexibility index (Phi) is 3.87. The Morgan fingerprint density at radius 1 is 1.33 bits per heavy atom. The van der Waals surface area contributed by atoms with Crippen molar-refractivity contribution in [2.45, 2.75) is 24.5 Å². The van der Waals surface area contributed by atoms with E-state index in [1.54, 1.807) is 0 Å². The molecule has 1 saturated heterocycles. The normalized spacial score (nSPS) is 22.7. The second kappa shape index (κ2) is 5.09. The van der Waals surface area contributed by atoms with Crippen molar-refractivity contribution in [1.82, 2.24) is 0 Å². The lowest BCUT2D eigenvalue weighted by atomic mass is 10.0. The molecule has 1 heterocycles. The lowest BCUT2D eigenvalue weighted by Crippen LogP contribution is -2.35. The molecule has 2 rings (SSSR count). The molecule has 1 fully saturated rings. The van der Waals surface area contributed by atoms with Crippen molar-refractivity contribution < 1.29 is 17.6 Å². The minimum absolute atomic E-state index is 0.0129. The number of rotatable bonds is 2. The summed E-state index contributed by atoms with van der Waals surface area (Å²) in [6.45, 7) is 0. The molecule has 1 aliphatic rings. The quantitative estimate of drug-likeness (QED) is 0.781. The lowest BCUT2D eigenvalue weighted by molar-refractivity contribution is 0.0977. The zero-order valence-corrected chi connectivity index (χ0v) is 11.9. The van der Waals surface area contributed by atoms with Gasteiger partial charge in [-0.25, -0.2) is 12.8 Å². The van der Waals surface area contributed by atoms with E-state index in [-0.39, 0.29) is 22.2 Å². The van der Waals surface area contributed by atoms with E-state index in [2.05, 4.69) is 15.9 Å². The van der Waals surface area contributed by atoms with Gasteiger partial charge in [-0.05, 0) is 40.9 Å². The largest absolute Gasteiger partial charge is 0.293 e. The standard InChI is InChI=1S/C12H12BrFO3S/c13-9-5-3-4-8(11(9)14)12(15)10-6-1-2-7-18(10,16)17/h3-5,10H,1-2,6-7H2. The van der Waals surface area contributed by atoms with Gasteiger partial charge < -0.3 is 0 Å². The van der Waals surface area contributed by atoms with Gasteiger partial charge in [0.05, 0.1) is 15.8 Å². The third kappa shape index (κ3) is 2.49. The smallest absolute Gasteiger partial charge is 0.183 e. The Morgan fingerprint density at radius 2 is 2.06 bits per heavy atom. The summed E-state index contributed by atoms with van der Waals surface area (Å²) in [5, 5.41) is -1.09. The zero-order chi connectivity index (χ0) is 13.3. The fourth-order valence-corrected chi connectivity index (χ4v) is 4.35. The molecule has 98 valence electrons. The van der Waals surface area contributed by atoms with Gasteiger partial charge in [0.25, 0.3) is 0 Å². The van der Waals surface area contributed by atoms with Crippen molar-refractivity contribution in [2.24, 2.45) is 0 Å². The van der Waals surface area contributed by atoms with Crippen molar-refractivity contribution in [3.63, 3.8) is 0 Å². The Bertz CT molecular complexity index is 583. The molecule has 1 aliphatic heterocycles. The van der Waals surface area contributed by atoms with Crippen molar-refractivity contribution in [3.05, 3.63) is 34.1 Å². The monoisotopic (exact) mass is 334 g/mol. The van der Waals surface area contributed by atoms with Crippen molar-refractivity contribution in [2.75, 3.05) is 5.75 Å². The number of hydrogen-bond donors (Lipinski definition) is 0. The summed E-state index contributed by atoms with van der Waals surface area (Å²) in [6.07, 6.45) is 1.55. The Labute approximate surface area is 113 Å². The highest BCUT2D eigenvalue weighted by atomic mass is 79.9. The van der Waals surface area contributed by atoms with Crippen LogP contribution in [0.1, 0.15) is 29.6 Å². The molecule has 0 amide bonds. The molecule has 0 bridgehead atoms. The summed E-state index contributed by atoms with van der Waals surface area (Å²) in [5.41, 5.74) is -0.153. The number of benzene rings is 1. The maximum absolute atomic E-state index is 13.8. The molecule has 1 aromatic carbocycles. The van der Waals surface area contributed by atoms with Gasteiger partial charge in [0.1, 0.15) is 11.1 Å². The van der Waals surface area contributed by atoms with Crippen LogP contribution in [0.15, 0.2) is 22.7 Å². The van der Waals surface area contributed by atoms with Crippen LogP contribution < -0.4 is 0 Å². The number of Topliss-reactive ketones (excluding diaryl/α,β-unsaturated/α-hetero) is 1. The summed E-state index contributed by atoms with van der Waals surface area (Å²) < 4.78 is 37.6. The third-order valence-corrected chi connectivity index (χ3v) is 5.88. The van der Waals surface area contributed by atoms with Crippen LogP contribution in [0.3, 0.4) is 0 Å². The third-order valence-electron chi connectivity index (χ3n) is 3.09. The highest BCUT2D eigenvalue weighted by molar-refractivity contribution is 9.10. The minimum Gasteiger partial charge on any atom is -0.293 e. The Hall–Kier alpha value is -0.750. The maximum atomic E-state index is 13.8. The summed E-state index contributed by atoms with van der Waals surface area (Å²) >= 11 is 2.99. The zero-order valence-electron chi connectivity index (χ0n) is 9.53. The fraction of sp³-hybridized carbons (Fsp3) is 0.417.